The Morgan fingerprint density at radius 3 is 2.63 bits per heavy atom. The molecule has 1 saturated heterocycles. The number of benzene rings is 2. The van der Waals surface area contributed by atoms with Gasteiger partial charge in [-0.15, -0.1) is 0 Å². The van der Waals surface area contributed by atoms with Gasteiger partial charge in [-0.05, 0) is 72.5 Å². The van der Waals surface area contributed by atoms with Crippen LogP contribution in [0, 0.1) is 5.82 Å². The van der Waals surface area contributed by atoms with Gasteiger partial charge in [0, 0.05) is 46.8 Å². The van der Waals surface area contributed by atoms with Gasteiger partial charge in [-0.1, -0.05) is 18.6 Å². The minimum absolute atomic E-state index is 0.0946. The monoisotopic (exact) mass is 564 g/mol. The van der Waals surface area contributed by atoms with E-state index in [-0.39, 0.29) is 29.7 Å². The summed E-state index contributed by atoms with van der Waals surface area (Å²) in [5, 5.41) is 11.7. The third kappa shape index (κ3) is 5.62. The van der Waals surface area contributed by atoms with Crippen LogP contribution in [0.2, 0.25) is 0 Å². The van der Waals surface area contributed by atoms with E-state index in [1.807, 2.05) is 11.6 Å². The van der Waals surface area contributed by atoms with Crippen molar-refractivity contribution in [1.29, 1.82) is 0 Å². The molecule has 2 aromatic carbocycles. The Morgan fingerprint density at radius 2 is 1.94 bits per heavy atom. The number of hydrogen-bond donors (Lipinski definition) is 1. The lowest BCUT2D eigenvalue weighted by atomic mass is 10.0. The van der Waals surface area contributed by atoms with Crippen LogP contribution in [0.5, 0.6) is 5.75 Å². The highest BCUT2D eigenvalue weighted by molar-refractivity contribution is 9.10. The van der Waals surface area contributed by atoms with Gasteiger partial charge in [0.1, 0.15) is 11.6 Å². The number of ether oxygens (including phenoxy) is 1. The summed E-state index contributed by atoms with van der Waals surface area (Å²) in [5.74, 6) is -0.516. The van der Waals surface area contributed by atoms with E-state index < -0.39 is 16.8 Å². The third-order valence-electron chi connectivity index (χ3n) is 6.46. The average molecular weight is 566 g/mol. The summed E-state index contributed by atoms with van der Waals surface area (Å²) in [4.78, 5) is 15.5. The van der Waals surface area contributed by atoms with Gasteiger partial charge in [-0.3, -0.25) is 9.11 Å². The molecule has 1 fully saturated rings. The van der Waals surface area contributed by atoms with E-state index in [2.05, 4.69) is 20.8 Å². The van der Waals surface area contributed by atoms with Gasteiger partial charge >= 0.3 is 5.97 Å². The van der Waals surface area contributed by atoms with E-state index in [9.17, 15) is 18.5 Å². The molecule has 4 rings (SSSR count). The first kappa shape index (κ1) is 25.9. The van der Waals surface area contributed by atoms with Crippen molar-refractivity contribution in [3.8, 4) is 5.75 Å². The lowest BCUT2D eigenvalue weighted by Crippen LogP contribution is -2.29. The summed E-state index contributed by atoms with van der Waals surface area (Å²) in [7, 11) is 0.426. The summed E-state index contributed by atoms with van der Waals surface area (Å²) >= 11 is 3.48. The number of phenols is 1. The summed E-state index contributed by atoms with van der Waals surface area (Å²) in [6, 6.07) is 7.84. The summed E-state index contributed by atoms with van der Waals surface area (Å²) in [6.07, 6.45) is 3.39. The fourth-order valence-electron chi connectivity index (χ4n) is 4.78. The molecule has 188 valence electrons. The Hall–Kier alpha value is -2.23. The number of fused-ring (bicyclic) bond motifs is 1. The van der Waals surface area contributed by atoms with E-state index >= 15 is 0 Å². The number of esters is 1. The van der Waals surface area contributed by atoms with Gasteiger partial charge in [-0.25, -0.2) is 9.18 Å². The molecule has 1 unspecified atom stereocenters. The quantitative estimate of drug-likeness (QED) is 0.371. The zero-order chi connectivity index (χ0) is 25.1. The van der Waals surface area contributed by atoms with Crippen LogP contribution in [-0.4, -0.2) is 44.4 Å². The fraction of sp³-hybridized carbons (Fsp3) is 0.423. The van der Waals surface area contributed by atoms with Gasteiger partial charge in [0.25, 0.3) is 0 Å². The van der Waals surface area contributed by atoms with Crippen LogP contribution in [0.15, 0.2) is 34.8 Å². The van der Waals surface area contributed by atoms with Crippen molar-refractivity contribution < 1.29 is 23.2 Å². The molecule has 1 atom stereocenters. The molecular weight excluding hydrogens is 535 g/mol. The number of likely N-dealkylation sites (tertiary alicyclic amines) is 1. The maximum absolute atomic E-state index is 13.6. The van der Waals surface area contributed by atoms with Crippen LogP contribution in [0.3, 0.4) is 0 Å². The van der Waals surface area contributed by atoms with Crippen LogP contribution >= 0.6 is 15.9 Å². The van der Waals surface area contributed by atoms with Crippen molar-refractivity contribution in [3.63, 3.8) is 0 Å². The number of piperidine rings is 1. The zero-order valence-corrected chi connectivity index (χ0v) is 22.4. The Morgan fingerprint density at radius 1 is 1.20 bits per heavy atom. The number of aromatic hydroxyl groups is 1. The Labute approximate surface area is 215 Å². The van der Waals surface area contributed by atoms with Gasteiger partial charge in [0.05, 0.1) is 27.9 Å². The lowest BCUT2D eigenvalue weighted by molar-refractivity contribution is 0.0527. The number of carbonyl (C=O) groups excluding carboxylic acids is 1. The number of hydrogen-bond acceptors (Lipinski definition) is 5. The number of halogens is 2. The molecule has 35 heavy (non-hydrogen) atoms. The minimum Gasteiger partial charge on any atom is -0.506 e. The smallest absolute Gasteiger partial charge is 0.340 e. The van der Waals surface area contributed by atoms with E-state index in [4.69, 9.17) is 4.74 Å². The second kappa shape index (κ2) is 11.2. The molecule has 1 N–H and O–H groups in total. The highest BCUT2D eigenvalue weighted by atomic mass is 79.9. The number of rotatable bonds is 8. The predicted molar refractivity (Wildman–Crippen MR) is 139 cm³/mol. The third-order valence-corrected chi connectivity index (χ3v) is 8.32. The molecule has 0 aliphatic carbocycles. The molecule has 0 amide bonds. The van der Waals surface area contributed by atoms with E-state index in [0.29, 0.717) is 38.8 Å². The highest BCUT2D eigenvalue weighted by Crippen LogP contribution is 2.40. The Bertz CT molecular complexity index is 1270. The van der Waals surface area contributed by atoms with Crippen LogP contribution < -0.4 is 0 Å². The van der Waals surface area contributed by atoms with Gasteiger partial charge < -0.3 is 14.4 Å². The van der Waals surface area contributed by atoms with Crippen molar-refractivity contribution in [3.05, 3.63) is 63.0 Å². The Balaban J connectivity index is 1.81. The SMILES string of the molecule is CCOC(=O)c1c(CS(=O)Cc2cccc(F)c2)n(C)c2cc(Br)c(O)c(CN3CCCCC3)c12. The van der Waals surface area contributed by atoms with Crippen molar-refractivity contribution >= 4 is 43.6 Å². The van der Waals surface area contributed by atoms with Crippen molar-refractivity contribution in [2.45, 2.75) is 44.2 Å². The second-order valence-corrected chi connectivity index (χ2v) is 11.2. The maximum atomic E-state index is 13.6. The molecule has 2 heterocycles. The first-order valence-corrected chi connectivity index (χ1v) is 14.1. The van der Waals surface area contributed by atoms with Crippen LogP contribution in [0.25, 0.3) is 10.9 Å². The number of aryl methyl sites for hydroxylation is 1. The van der Waals surface area contributed by atoms with Crippen molar-refractivity contribution in [2.24, 2.45) is 7.05 Å². The van der Waals surface area contributed by atoms with E-state index in [1.54, 1.807) is 25.1 Å². The van der Waals surface area contributed by atoms with Crippen LogP contribution in [0.4, 0.5) is 4.39 Å². The lowest BCUT2D eigenvalue weighted by Gasteiger charge is -2.27. The number of aromatic nitrogens is 1. The first-order chi connectivity index (χ1) is 16.8. The predicted octanol–water partition coefficient (Wildman–Crippen LogP) is 5.40. The van der Waals surface area contributed by atoms with E-state index in [1.165, 1.54) is 18.6 Å². The second-order valence-electron chi connectivity index (χ2n) is 8.88. The molecule has 9 heteroatoms. The zero-order valence-electron chi connectivity index (χ0n) is 20.0. The molecule has 1 aliphatic rings. The fourth-order valence-corrected chi connectivity index (χ4v) is 6.53. The standard InChI is InChI=1S/C26H30BrFN2O4S/c1-3-34-26(32)24-22(16-35(33)15-17-8-7-9-18(28)12-17)29(2)21-13-20(27)25(31)19(23(21)24)14-30-10-5-4-6-11-30/h7-9,12-13,31H,3-6,10-11,14-16H2,1-2H3. The summed E-state index contributed by atoms with van der Waals surface area (Å²) in [5.41, 5.74) is 2.96. The van der Waals surface area contributed by atoms with Crippen LogP contribution in [-0.2, 0) is 40.6 Å². The number of phenolic OH excluding ortho intramolecular Hbond substituents is 1. The molecule has 0 bridgehead atoms. The Kier molecular flexibility index (Phi) is 8.29. The molecule has 1 aliphatic heterocycles. The molecule has 0 spiro atoms. The number of carbonyl (C=O) groups is 1. The molecule has 0 radical (unpaired) electrons. The molecule has 0 saturated carbocycles. The largest absolute Gasteiger partial charge is 0.506 e. The molecule has 6 nitrogen and oxygen atoms in total. The van der Waals surface area contributed by atoms with Gasteiger partial charge in [0.15, 0.2) is 0 Å². The average Bonchev–Trinajstić information content (AvgIpc) is 3.09. The minimum atomic E-state index is -1.40. The van der Waals surface area contributed by atoms with Gasteiger partial charge in [-0.2, -0.15) is 0 Å². The number of nitrogens with zero attached hydrogens (tertiary/aromatic N) is 2. The highest BCUT2D eigenvalue weighted by Gasteiger charge is 2.29. The summed E-state index contributed by atoms with van der Waals surface area (Å²) in [6.45, 7) is 4.31. The summed E-state index contributed by atoms with van der Waals surface area (Å²) < 4.78 is 34.6. The molecule has 3 aromatic rings. The first-order valence-electron chi connectivity index (χ1n) is 11.8. The normalized spacial score (nSPS) is 15.4. The topological polar surface area (TPSA) is 71.8 Å². The van der Waals surface area contributed by atoms with Crippen LogP contribution in [0.1, 0.15) is 53.4 Å². The maximum Gasteiger partial charge on any atom is 0.340 e. The molecular formula is C26H30BrFN2O4S. The van der Waals surface area contributed by atoms with Gasteiger partial charge in [0.2, 0.25) is 0 Å². The molecule has 1 aromatic heterocycles. The van der Waals surface area contributed by atoms with E-state index in [0.717, 1.165) is 31.4 Å². The van der Waals surface area contributed by atoms with Crippen molar-refractivity contribution in [1.82, 2.24) is 9.47 Å². The van der Waals surface area contributed by atoms with Crippen molar-refractivity contribution in [2.75, 3.05) is 19.7 Å².